The molecule has 3 heterocycles. The van der Waals surface area contributed by atoms with Gasteiger partial charge < -0.3 is 16.5 Å². The van der Waals surface area contributed by atoms with Crippen LogP contribution in [0.25, 0.3) is 32.8 Å². The topological polar surface area (TPSA) is 139 Å². The number of anilines is 2. The third kappa shape index (κ3) is 1.82. The van der Waals surface area contributed by atoms with Crippen LogP contribution in [0.4, 0.5) is 11.1 Å². The van der Waals surface area contributed by atoms with E-state index in [-0.39, 0.29) is 17.2 Å². The molecule has 0 radical (unpaired) electrons. The number of hydrogen-bond donors (Lipinski definition) is 4. The zero-order chi connectivity index (χ0) is 14.6. The lowest BCUT2D eigenvalue weighted by molar-refractivity contribution is 1.17. The highest BCUT2D eigenvalue weighted by atomic mass is 32.1. The summed E-state index contributed by atoms with van der Waals surface area (Å²) in [4.78, 5) is 29.7. The summed E-state index contributed by atoms with van der Waals surface area (Å²) in [7, 11) is 0. The number of rotatable bonds is 1. The number of nitrogens with zero attached hydrogens (tertiary/aromatic N) is 3. The minimum absolute atomic E-state index is 0.0382. The Hall–Kier alpha value is -2.94. The van der Waals surface area contributed by atoms with Crippen molar-refractivity contribution >= 4 is 43.8 Å². The third-order valence-electron chi connectivity index (χ3n) is 3.06. The van der Waals surface area contributed by atoms with E-state index < -0.39 is 0 Å². The molecule has 0 aliphatic rings. The fourth-order valence-corrected chi connectivity index (χ4v) is 2.92. The molecule has 0 saturated heterocycles. The molecule has 8 nitrogen and oxygen atoms in total. The summed E-state index contributed by atoms with van der Waals surface area (Å²) >= 11 is 1.39. The molecule has 0 aliphatic carbocycles. The minimum Gasteiger partial charge on any atom is -0.375 e. The molecule has 0 unspecified atom stereocenters. The number of hydrogen-bond acceptors (Lipinski definition) is 7. The van der Waals surface area contributed by atoms with Crippen molar-refractivity contribution < 1.29 is 0 Å². The van der Waals surface area contributed by atoms with Crippen molar-refractivity contribution in [1.82, 2.24) is 24.9 Å². The number of aromatic amines is 2. The van der Waals surface area contributed by atoms with Crippen LogP contribution in [0.15, 0.2) is 23.0 Å². The van der Waals surface area contributed by atoms with E-state index in [0.717, 1.165) is 15.8 Å². The van der Waals surface area contributed by atoms with Crippen LogP contribution in [-0.2, 0) is 0 Å². The maximum atomic E-state index is 11.8. The first kappa shape index (κ1) is 11.9. The number of benzene rings is 1. The molecular formula is C12H9N7OS. The van der Waals surface area contributed by atoms with Crippen LogP contribution in [0.1, 0.15) is 0 Å². The molecule has 9 heteroatoms. The first-order valence-electron chi connectivity index (χ1n) is 6.02. The number of nitrogens with one attached hydrogen (secondary N) is 2. The van der Waals surface area contributed by atoms with Crippen molar-refractivity contribution in [2.24, 2.45) is 0 Å². The van der Waals surface area contributed by atoms with E-state index >= 15 is 0 Å². The second-order valence-corrected chi connectivity index (χ2v) is 5.53. The summed E-state index contributed by atoms with van der Waals surface area (Å²) < 4.78 is 0.951. The molecule has 4 aromatic rings. The molecule has 0 spiro atoms. The maximum Gasteiger partial charge on any atom is 0.278 e. The van der Waals surface area contributed by atoms with Gasteiger partial charge in [-0.1, -0.05) is 11.3 Å². The molecule has 1 aromatic carbocycles. The smallest absolute Gasteiger partial charge is 0.278 e. The van der Waals surface area contributed by atoms with Gasteiger partial charge in [0.1, 0.15) is 5.82 Å². The van der Waals surface area contributed by atoms with Gasteiger partial charge in [0.25, 0.3) is 5.56 Å². The molecule has 0 saturated carbocycles. The van der Waals surface area contributed by atoms with E-state index in [4.69, 9.17) is 11.5 Å². The van der Waals surface area contributed by atoms with Crippen LogP contribution in [0.2, 0.25) is 0 Å². The van der Waals surface area contributed by atoms with Crippen LogP contribution in [0, 0.1) is 0 Å². The van der Waals surface area contributed by atoms with E-state index in [9.17, 15) is 4.79 Å². The van der Waals surface area contributed by atoms with Crippen LogP contribution in [0.3, 0.4) is 0 Å². The molecule has 0 atom stereocenters. The van der Waals surface area contributed by atoms with Crippen LogP contribution >= 0.6 is 11.3 Å². The number of nitrogen functional groups attached to an aromatic ring is 2. The average Bonchev–Trinajstić information content (AvgIpc) is 2.99. The Balaban J connectivity index is 1.95. The van der Waals surface area contributed by atoms with Gasteiger partial charge in [-0.15, -0.1) is 0 Å². The molecule has 4 rings (SSSR count). The van der Waals surface area contributed by atoms with Gasteiger partial charge in [0.2, 0.25) is 5.95 Å². The lowest BCUT2D eigenvalue weighted by atomic mass is 10.2. The molecule has 104 valence electrons. The van der Waals surface area contributed by atoms with E-state index in [1.807, 2.05) is 18.2 Å². The predicted octanol–water partition coefficient (Wildman–Crippen LogP) is 1.09. The van der Waals surface area contributed by atoms with Crippen molar-refractivity contribution in [3.63, 3.8) is 0 Å². The molecule has 0 aliphatic heterocycles. The predicted molar refractivity (Wildman–Crippen MR) is 81.9 cm³/mol. The van der Waals surface area contributed by atoms with Gasteiger partial charge in [0.15, 0.2) is 16.3 Å². The quantitative estimate of drug-likeness (QED) is 0.415. The van der Waals surface area contributed by atoms with Crippen molar-refractivity contribution in [2.45, 2.75) is 0 Å². The largest absolute Gasteiger partial charge is 0.375 e. The Morgan fingerprint density at radius 3 is 2.81 bits per heavy atom. The number of nitrogens with two attached hydrogens (primary N) is 2. The van der Waals surface area contributed by atoms with Gasteiger partial charge >= 0.3 is 0 Å². The molecule has 0 amide bonds. The number of aromatic nitrogens is 5. The van der Waals surface area contributed by atoms with E-state index in [1.165, 1.54) is 11.3 Å². The molecule has 0 fully saturated rings. The fourth-order valence-electron chi connectivity index (χ4n) is 2.15. The molecule has 3 aromatic heterocycles. The molecule has 0 bridgehead atoms. The van der Waals surface area contributed by atoms with Crippen molar-refractivity contribution in [3.8, 4) is 11.4 Å². The lowest BCUT2D eigenvalue weighted by Gasteiger charge is -1.95. The summed E-state index contributed by atoms with van der Waals surface area (Å²) in [5.41, 5.74) is 13.1. The Kier molecular flexibility index (Phi) is 2.27. The summed E-state index contributed by atoms with van der Waals surface area (Å²) in [6, 6.07) is 5.63. The highest BCUT2D eigenvalue weighted by Gasteiger charge is 2.11. The summed E-state index contributed by atoms with van der Waals surface area (Å²) in [6.45, 7) is 0. The minimum atomic E-state index is -0.348. The van der Waals surface area contributed by atoms with E-state index in [2.05, 4.69) is 24.9 Å². The zero-order valence-electron chi connectivity index (χ0n) is 10.5. The van der Waals surface area contributed by atoms with Crippen molar-refractivity contribution in [3.05, 3.63) is 28.6 Å². The second kappa shape index (κ2) is 4.03. The molecule has 21 heavy (non-hydrogen) atoms. The second-order valence-electron chi connectivity index (χ2n) is 4.47. The van der Waals surface area contributed by atoms with Crippen molar-refractivity contribution in [2.75, 3.05) is 11.5 Å². The van der Waals surface area contributed by atoms with Gasteiger partial charge in [-0.2, -0.15) is 4.98 Å². The van der Waals surface area contributed by atoms with Gasteiger partial charge in [-0.3, -0.25) is 9.78 Å². The Morgan fingerprint density at radius 2 is 1.95 bits per heavy atom. The lowest BCUT2D eigenvalue weighted by Crippen LogP contribution is -2.10. The Labute approximate surface area is 120 Å². The zero-order valence-corrected chi connectivity index (χ0v) is 11.4. The third-order valence-corrected chi connectivity index (χ3v) is 3.91. The van der Waals surface area contributed by atoms with Crippen LogP contribution < -0.4 is 17.0 Å². The number of fused-ring (bicyclic) bond motifs is 2. The van der Waals surface area contributed by atoms with Crippen molar-refractivity contribution in [1.29, 1.82) is 0 Å². The Bertz CT molecular complexity index is 1040. The Morgan fingerprint density at radius 1 is 1.10 bits per heavy atom. The molecule has 6 N–H and O–H groups in total. The monoisotopic (exact) mass is 299 g/mol. The average molecular weight is 299 g/mol. The molecular weight excluding hydrogens is 290 g/mol. The number of thiazole rings is 1. The maximum absolute atomic E-state index is 11.8. The number of H-pyrrole nitrogens is 2. The van der Waals surface area contributed by atoms with Crippen LogP contribution in [0.5, 0.6) is 0 Å². The first-order valence-corrected chi connectivity index (χ1v) is 6.84. The summed E-state index contributed by atoms with van der Waals surface area (Å²) in [5, 5.41) is 0.512. The van der Waals surface area contributed by atoms with Gasteiger partial charge in [-0.25, -0.2) is 9.97 Å². The first-order chi connectivity index (χ1) is 10.1. The highest BCUT2D eigenvalue weighted by molar-refractivity contribution is 7.22. The van der Waals surface area contributed by atoms with E-state index in [0.29, 0.717) is 16.5 Å². The SMILES string of the molecule is Nc1nc2nc(-c3ccc4nc(N)sc4c3)[nH]c2c(=O)[nH]1. The fraction of sp³-hybridized carbons (Fsp3) is 0. The van der Waals surface area contributed by atoms with Crippen LogP contribution in [-0.4, -0.2) is 24.9 Å². The number of imidazole rings is 1. The highest BCUT2D eigenvalue weighted by Crippen LogP contribution is 2.28. The van der Waals surface area contributed by atoms with Gasteiger partial charge in [-0.05, 0) is 18.2 Å². The van der Waals surface area contributed by atoms with Gasteiger partial charge in [0, 0.05) is 5.56 Å². The summed E-state index contributed by atoms with van der Waals surface area (Å²) in [5.74, 6) is 0.582. The normalized spacial score (nSPS) is 11.4. The standard InChI is InChI=1S/C12H9N7OS/c13-11-18-9-7(10(20)19-11)16-8(17-9)4-1-2-5-6(3-4)21-12(14)15-5/h1-3H,(H2,14,15)(H4,13,16,17,18,19,20). The van der Waals surface area contributed by atoms with E-state index in [1.54, 1.807) is 0 Å². The summed E-state index contributed by atoms with van der Waals surface area (Å²) in [6.07, 6.45) is 0. The van der Waals surface area contributed by atoms with Gasteiger partial charge in [0.05, 0.1) is 10.2 Å².